The van der Waals surface area contributed by atoms with Gasteiger partial charge >= 0.3 is 0 Å². The van der Waals surface area contributed by atoms with Crippen molar-refractivity contribution in [2.24, 2.45) is 5.73 Å². The summed E-state index contributed by atoms with van der Waals surface area (Å²) in [6.07, 6.45) is 0. The van der Waals surface area contributed by atoms with Crippen LogP contribution in [-0.4, -0.2) is 10.4 Å². The zero-order chi connectivity index (χ0) is 12.6. The Balaban J connectivity index is 2.72. The van der Waals surface area contributed by atoms with E-state index in [9.17, 15) is 0 Å². The SMILES string of the molecule is Cc1c(C(=N)N)c(N)n(-c2ccccc2)c1C. The molecular weight excluding hydrogens is 212 g/mol. The Kier molecular flexibility index (Phi) is 2.63. The van der Waals surface area contributed by atoms with Crippen LogP contribution in [0.5, 0.6) is 0 Å². The van der Waals surface area contributed by atoms with Gasteiger partial charge in [0.05, 0.1) is 5.56 Å². The third-order valence-electron chi connectivity index (χ3n) is 3.03. The number of nitrogens with zero attached hydrogens (tertiary/aromatic N) is 1. The first kappa shape index (κ1) is 11.3. The van der Waals surface area contributed by atoms with Crippen LogP contribution in [0.3, 0.4) is 0 Å². The maximum absolute atomic E-state index is 7.57. The molecule has 0 amide bonds. The van der Waals surface area contributed by atoms with E-state index in [-0.39, 0.29) is 5.84 Å². The fourth-order valence-corrected chi connectivity index (χ4v) is 2.08. The van der Waals surface area contributed by atoms with Crippen molar-refractivity contribution in [2.45, 2.75) is 13.8 Å². The second-order valence-electron chi connectivity index (χ2n) is 4.06. The molecule has 17 heavy (non-hydrogen) atoms. The van der Waals surface area contributed by atoms with Crippen molar-refractivity contribution in [1.82, 2.24) is 4.57 Å². The summed E-state index contributed by atoms with van der Waals surface area (Å²) in [5.74, 6) is 0.538. The van der Waals surface area contributed by atoms with Gasteiger partial charge in [0.1, 0.15) is 11.7 Å². The number of amidine groups is 1. The zero-order valence-electron chi connectivity index (χ0n) is 9.99. The molecule has 0 aliphatic heterocycles. The van der Waals surface area contributed by atoms with E-state index in [0.717, 1.165) is 16.9 Å². The number of nitrogen functional groups attached to an aromatic ring is 2. The summed E-state index contributed by atoms with van der Waals surface area (Å²) in [4.78, 5) is 0. The van der Waals surface area contributed by atoms with Gasteiger partial charge < -0.3 is 16.0 Å². The molecule has 4 nitrogen and oxygen atoms in total. The standard InChI is InChI=1S/C13H16N4/c1-8-9(2)17(10-6-4-3-5-7-10)13(16)11(8)12(14)15/h3-7H,16H2,1-2H3,(H3,14,15). The molecule has 2 rings (SSSR count). The number of rotatable bonds is 2. The van der Waals surface area contributed by atoms with E-state index >= 15 is 0 Å². The first-order valence-corrected chi connectivity index (χ1v) is 5.41. The Morgan fingerprint density at radius 3 is 2.24 bits per heavy atom. The summed E-state index contributed by atoms with van der Waals surface area (Å²) in [7, 11) is 0. The lowest BCUT2D eigenvalue weighted by Crippen LogP contribution is -2.14. The van der Waals surface area contributed by atoms with Crippen molar-refractivity contribution >= 4 is 11.7 Å². The van der Waals surface area contributed by atoms with E-state index < -0.39 is 0 Å². The van der Waals surface area contributed by atoms with Gasteiger partial charge in [-0.2, -0.15) is 0 Å². The van der Waals surface area contributed by atoms with Gasteiger partial charge in [-0.25, -0.2) is 0 Å². The molecule has 1 heterocycles. The highest BCUT2D eigenvalue weighted by Crippen LogP contribution is 2.27. The lowest BCUT2D eigenvalue weighted by Gasteiger charge is -2.08. The Morgan fingerprint density at radius 1 is 1.18 bits per heavy atom. The molecule has 2 aromatic rings. The van der Waals surface area contributed by atoms with Crippen molar-refractivity contribution in [2.75, 3.05) is 5.73 Å². The minimum Gasteiger partial charge on any atom is -0.384 e. The Hall–Kier alpha value is -2.23. The lowest BCUT2D eigenvalue weighted by molar-refractivity contribution is 1.02. The fourth-order valence-electron chi connectivity index (χ4n) is 2.08. The van der Waals surface area contributed by atoms with Crippen molar-refractivity contribution in [3.05, 3.63) is 47.2 Å². The summed E-state index contributed by atoms with van der Waals surface area (Å²) in [5.41, 5.74) is 15.2. The van der Waals surface area contributed by atoms with Crippen LogP contribution >= 0.6 is 0 Å². The molecule has 5 N–H and O–H groups in total. The molecule has 1 aromatic heterocycles. The Bertz CT molecular complexity index is 567. The van der Waals surface area contributed by atoms with E-state index in [1.54, 1.807) is 0 Å². The molecule has 0 spiro atoms. The van der Waals surface area contributed by atoms with Gasteiger partial charge in [-0.05, 0) is 31.5 Å². The fraction of sp³-hybridized carbons (Fsp3) is 0.154. The van der Waals surface area contributed by atoms with Crippen LogP contribution in [0.1, 0.15) is 16.8 Å². The van der Waals surface area contributed by atoms with Gasteiger partial charge in [-0.1, -0.05) is 18.2 Å². The van der Waals surface area contributed by atoms with Crippen LogP contribution in [0.25, 0.3) is 5.69 Å². The van der Waals surface area contributed by atoms with E-state index in [1.165, 1.54) is 0 Å². The van der Waals surface area contributed by atoms with Crippen LogP contribution in [-0.2, 0) is 0 Å². The normalized spacial score (nSPS) is 10.5. The second-order valence-corrected chi connectivity index (χ2v) is 4.06. The summed E-state index contributed by atoms with van der Waals surface area (Å²) in [6.45, 7) is 3.91. The number of benzene rings is 1. The molecule has 0 saturated carbocycles. The Labute approximate surface area is 100 Å². The first-order valence-electron chi connectivity index (χ1n) is 5.41. The molecule has 1 aromatic carbocycles. The molecule has 0 aliphatic rings. The molecule has 0 atom stereocenters. The molecular formula is C13H16N4. The van der Waals surface area contributed by atoms with Gasteiger partial charge in [0.25, 0.3) is 0 Å². The number of aromatic nitrogens is 1. The summed E-state index contributed by atoms with van der Waals surface area (Å²) >= 11 is 0. The van der Waals surface area contributed by atoms with E-state index in [0.29, 0.717) is 11.4 Å². The molecule has 0 saturated heterocycles. The number of para-hydroxylation sites is 1. The summed E-state index contributed by atoms with van der Waals surface area (Å²) in [5, 5.41) is 7.57. The molecule has 0 radical (unpaired) electrons. The zero-order valence-corrected chi connectivity index (χ0v) is 9.99. The maximum atomic E-state index is 7.57. The van der Waals surface area contributed by atoms with Crippen LogP contribution in [0.2, 0.25) is 0 Å². The highest BCUT2D eigenvalue weighted by atomic mass is 15.1. The molecule has 0 aliphatic carbocycles. The van der Waals surface area contributed by atoms with Gasteiger partial charge in [0, 0.05) is 11.4 Å². The summed E-state index contributed by atoms with van der Waals surface area (Å²) < 4.78 is 1.92. The monoisotopic (exact) mass is 228 g/mol. The minimum atomic E-state index is 0.0118. The molecule has 0 unspecified atom stereocenters. The smallest absolute Gasteiger partial charge is 0.126 e. The lowest BCUT2D eigenvalue weighted by atomic mass is 10.1. The predicted molar refractivity (Wildman–Crippen MR) is 70.7 cm³/mol. The highest BCUT2D eigenvalue weighted by molar-refractivity contribution is 6.01. The van der Waals surface area contributed by atoms with Crippen LogP contribution < -0.4 is 11.5 Å². The van der Waals surface area contributed by atoms with Gasteiger partial charge in [0.2, 0.25) is 0 Å². The number of anilines is 1. The van der Waals surface area contributed by atoms with Crippen molar-refractivity contribution < 1.29 is 0 Å². The number of hydrogen-bond acceptors (Lipinski definition) is 2. The topological polar surface area (TPSA) is 80.8 Å². The van der Waals surface area contributed by atoms with Crippen molar-refractivity contribution in [1.29, 1.82) is 5.41 Å². The number of hydrogen-bond donors (Lipinski definition) is 3. The summed E-state index contributed by atoms with van der Waals surface area (Å²) in [6, 6.07) is 9.82. The van der Waals surface area contributed by atoms with Crippen LogP contribution in [0.15, 0.2) is 30.3 Å². The van der Waals surface area contributed by atoms with Crippen molar-refractivity contribution in [3.63, 3.8) is 0 Å². The average molecular weight is 228 g/mol. The molecule has 88 valence electrons. The van der Waals surface area contributed by atoms with Gasteiger partial charge in [-0.15, -0.1) is 0 Å². The average Bonchev–Trinajstić information content (AvgIpc) is 2.51. The van der Waals surface area contributed by atoms with Gasteiger partial charge in [0.15, 0.2) is 0 Å². The molecule has 0 fully saturated rings. The largest absolute Gasteiger partial charge is 0.384 e. The highest BCUT2D eigenvalue weighted by Gasteiger charge is 2.17. The molecule has 4 heteroatoms. The van der Waals surface area contributed by atoms with E-state index in [4.69, 9.17) is 16.9 Å². The third-order valence-corrected chi connectivity index (χ3v) is 3.03. The Morgan fingerprint density at radius 2 is 1.76 bits per heavy atom. The first-order chi connectivity index (χ1) is 8.04. The number of nitrogens with one attached hydrogen (secondary N) is 1. The quantitative estimate of drug-likeness (QED) is 0.542. The van der Waals surface area contributed by atoms with E-state index in [1.807, 2.05) is 48.7 Å². The van der Waals surface area contributed by atoms with Crippen LogP contribution in [0.4, 0.5) is 5.82 Å². The second kappa shape index (κ2) is 3.97. The van der Waals surface area contributed by atoms with Crippen LogP contribution in [0, 0.1) is 19.3 Å². The molecule has 0 bridgehead atoms. The minimum absolute atomic E-state index is 0.0118. The van der Waals surface area contributed by atoms with Gasteiger partial charge in [-0.3, -0.25) is 5.41 Å². The third kappa shape index (κ3) is 1.67. The number of nitrogens with two attached hydrogens (primary N) is 2. The predicted octanol–water partition coefficient (Wildman–Crippen LogP) is 1.96. The van der Waals surface area contributed by atoms with E-state index in [2.05, 4.69) is 0 Å². The van der Waals surface area contributed by atoms with Crippen molar-refractivity contribution in [3.8, 4) is 5.69 Å². The maximum Gasteiger partial charge on any atom is 0.126 e.